The number of anilines is 3. The number of para-hydroxylation sites is 2. The number of hydrogen-bond acceptors (Lipinski definition) is 9. The van der Waals surface area contributed by atoms with Crippen LogP contribution in [0.3, 0.4) is 0 Å². The van der Waals surface area contributed by atoms with Crippen LogP contribution in [0.1, 0.15) is 13.8 Å². The summed E-state index contributed by atoms with van der Waals surface area (Å²) in [5.41, 5.74) is 1.48. The predicted molar refractivity (Wildman–Crippen MR) is 117 cm³/mol. The molecule has 1 amide bonds. The minimum absolute atomic E-state index is 0.134. The first-order valence-corrected chi connectivity index (χ1v) is 11.0. The third-order valence-electron chi connectivity index (χ3n) is 4.12. The molecule has 2 aromatic carbocycles. The average Bonchev–Trinajstić information content (AvgIpc) is 3.38. The van der Waals surface area contributed by atoms with Gasteiger partial charge in [-0.2, -0.15) is 0 Å². The molecule has 0 spiro atoms. The SMILES string of the molecule is CCOc1ccccc1Nc1nnc(SC(C)C(=O)Nc2ccc3c(c2)OCO3)s1. The average molecular weight is 445 g/mol. The molecule has 1 aliphatic heterocycles. The summed E-state index contributed by atoms with van der Waals surface area (Å²) in [5.74, 6) is 1.92. The molecule has 0 aliphatic carbocycles. The van der Waals surface area contributed by atoms with Crippen molar-refractivity contribution in [1.29, 1.82) is 0 Å². The minimum Gasteiger partial charge on any atom is -0.492 e. The lowest BCUT2D eigenvalue weighted by molar-refractivity contribution is -0.115. The smallest absolute Gasteiger partial charge is 0.237 e. The molecule has 0 saturated carbocycles. The van der Waals surface area contributed by atoms with Crippen LogP contribution in [0, 0.1) is 0 Å². The van der Waals surface area contributed by atoms with Gasteiger partial charge in [0.15, 0.2) is 15.8 Å². The minimum atomic E-state index is -0.355. The lowest BCUT2D eigenvalue weighted by Crippen LogP contribution is -2.22. The van der Waals surface area contributed by atoms with Gasteiger partial charge in [-0.3, -0.25) is 4.79 Å². The van der Waals surface area contributed by atoms with Crippen molar-refractivity contribution >= 4 is 45.5 Å². The lowest BCUT2D eigenvalue weighted by atomic mass is 10.2. The van der Waals surface area contributed by atoms with E-state index in [1.807, 2.05) is 38.1 Å². The molecule has 2 N–H and O–H groups in total. The van der Waals surface area contributed by atoms with Crippen molar-refractivity contribution in [2.45, 2.75) is 23.4 Å². The number of aromatic nitrogens is 2. The number of nitrogens with zero attached hydrogens (tertiary/aromatic N) is 2. The van der Waals surface area contributed by atoms with Gasteiger partial charge in [-0.15, -0.1) is 10.2 Å². The van der Waals surface area contributed by atoms with Crippen LogP contribution in [0.25, 0.3) is 0 Å². The number of rotatable bonds is 8. The fourth-order valence-corrected chi connectivity index (χ4v) is 4.61. The first-order valence-electron chi connectivity index (χ1n) is 9.32. The fraction of sp³-hybridized carbons (Fsp3) is 0.250. The van der Waals surface area contributed by atoms with Crippen LogP contribution in [0.2, 0.25) is 0 Å². The van der Waals surface area contributed by atoms with Crippen LogP contribution in [0.4, 0.5) is 16.5 Å². The summed E-state index contributed by atoms with van der Waals surface area (Å²) in [6, 6.07) is 13.0. The zero-order chi connectivity index (χ0) is 20.9. The Morgan fingerprint density at radius 1 is 1.23 bits per heavy atom. The second-order valence-corrected chi connectivity index (χ2v) is 8.81. The number of fused-ring (bicyclic) bond motifs is 1. The topological polar surface area (TPSA) is 94.6 Å². The van der Waals surface area contributed by atoms with Gasteiger partial charge in [-0.1, -0.05) is 35.2 Å². The van der Waals surface area contributed by atoms with Crippen LogP contribution < -0.4 is 24.8 Å². The largest absolute Gasteiger partial charge is 0.492 e. The highest BCUT2D eigenvalue weighted by Gasteiger charge is 2.19. The molecule has 0 bridgehead atoms. The van der Waals surface area contributed by atoms with E-state index in [-0.39, 0.29) is 18.0 Å². The summed E-state index contributed by atoms with van der Waals surface area (Å²) in [4.78, 5) is 12.6. The first kappa shape index (κ1) is 20.3. The Hall–Kier alpha value is -2.98. The molecule has 1 aliphatic rings. The number of ether oxygens (including phenoxy) is 3. The number of benzene rings is 2. The lowest BCUT2D eigenvalue weighted by Gasteiger charge is -2.11. The third-order valence-corrected chi connectivity index (χ3v) is 6.14. The van der Waals surface area contributed by atoms with Crippen molar-refractivity contribution < 1.29 is 19.0 Å². The van der Waals surface area contributed by atoms with Crippen molar-refractivity contribution in [1.82, 2.24) is 10.2 Å². The molecule has 1 atom stereocenters. The van der Waals surface area contributed by atoms with E-state index in [0.29, 0.717) is 33.3 Å². The molecule has 3 aromatic rings. The fourth-order valence-electron chi connectivity index (χ4n) is 2.70. The van der Waals surface area contributed by atoms with Gasteiger partial charge in [0.2, 0.25) is 17.8 Å². The molecule has 0 radical (unpaired) electrons. The Morgan fingerprint density at radius 2 is 2.07 bits per heavy atom. The zero-order valence-corrected chi connectivity index (χ0v) is 18.0. The normalized spacial score (nSPS) is 13.0. The van der Waals surface area contributed by atoms with Crippen molar-refractivity contribution in [2.24, 2.45) is 0 Å². The van der Waals surface area contributed by atoms with Crippen molar-refractivity contribution in [2.75, 3.05) is 24.0 Å². The van der Waals surface area contributed by atoms with Crippen LogP contribution in [-0.2, 0) is 4.79 Å². The van der Waals surface area contributed by atoms with E-state index in [1.165, 1.54) is 23.1 Å². The van der Waals surface area contributed by atoms with Gasteiger partial charge in [0.25, 0.3) is 0 Å². The number of carbonyl (C=O) groups is 1. The Kier molecular flexibility index (Phi) is 6.24. The Balaban J connectivity index is 1.35. The summed E-state index contributed by atoms with van der Waals surface area (Å²) < 4.78 is 16.9. The molecule has 4 rings (SSSR count). The quantitative estimate of drug-likeness (QED) is 0.490. The van der Waals surface area contributed by atoms with Gasteiger partial charge in [-0.25, -0.2) is 0 Å². The van der Waals surface area contributed by atoms with Crippen molar-refractivity contribution in [3.63, 3.8) is 0 Å². The summed E-state index contributed by atoms with van der Waals surface area (Å²) in [7, 11) is 0. The predicted octanol–water partition coefficient (Wildman–Crippen LogP) is 4.53. The van der Waals surface area contributed by atoms with Crippen molar-refractivity contribution in [3.8, 4) is 17.2 Å². The van der Waals surface area contributed by atoms with Gasteiger partial charge in [0.05, 0.1) is 17.5 Å². The monoisotopic (exact) mass is 444 g/mol. The van der Waals surface area contributed by atoms with E-state index in [4.69, 9.17) is 14.2 Å². The molecule has 10 heteroatoms. The molecule has 0 saturated heterocycles. The molecule has 0 fully saturated rings. The van der Waals surface area contributed by atoms with E-state index in [2.05, 4.69) is 20.8 Å². The summed E-state index contributed by atoms with van der Waals surface area (Å²) in [6.45, 7) is 4.53. The van der Waals surface area contributed by atoms with Crippen LogP contribution in [0.5, 0.6) is 17.2 Å². The van der Waals surface area contributed by atoms with Crippen LogP contribution >= 0.6 is 23.1 Å². The number of nitrogens with one attached hydrogen (secondary N) is 2. The van der Waals surface area contributed by atoms with Gasteiger partial charge >= 0.3 is 0 Å². The van der Waals surface area contributed by atoms with E-state index < -0.39 is 0 Å². The standard InChI is InChI=1S/C20H20N4O4S2/c1-3-26-15-7-5-4-6-14(15)22-19-23-24-20(30-19)29-12(2)18(25)21-13-8-9-16-17(10-13)28-11-27-16/h4-10,12H,3,11H2,1-2H3,(H,21,25)(H,22,23). The molecule has 8 nitrogen and oxygen atoms in total. The summed E-state index contributed by atoms with van der Waals surface area (Å²) in [5, 5.41) is 14.7. The van der Waals surface area contributed by atoms with Gasteiger partial charge in [-0.05, 0) is 38.1 Å². The van der Waals surface area contributed by atoms with E-state index in [0.717, 1.165) is 11.4 Å². The van der Waals surface area contributed by atoms with E-state index in [1.54, 1.807) is 18.2 Å². The first-order chi connectivity index (χ1) is 14.6. The van der Waals surface area contributed by atoms with E-state index in [9.17, 15) is 4.79 Å². The molecule has 2 heterocycles. The second kappa shape index (κ2) is 9.23. The molecular weight excluding hydrogens is 424 g/mol. The Bertz CT molecular complexity index is 1040. The van der Waals surface area contributed by atoms with Crippen LogP contribution in [0.15, 0.2) is 46.8 Å². The van der Waals surface area contributed by atoms with Crippen LogP contribution in [-0.4, -0.2) is 34.8 Å². The van der Waals surface area contributed by atoms with Gasteiger partial charge < -0.3 is 24.8 Å². The maximum absolute atomic E-state index is 12.6. The maximum atomic E-state index is 12.6. The zero-order valence-electron chi connectivity index (χ0n) is 16.4. The Morgan fingerprint density at radius 3 is 2.93 bits per heavy atom. The van der Waals surface area contributed by atoms with Gasteiger partial charge in [0.1, 0.15) is 5.75 Å². The van der Waals surface area contributed by atoms with E-state index >= 15 is 0 Å². The molecule has 156 valence electrons. The number of thioether (sulfide) groups is 1. The highest BCUT2D eigenvalue weighted by molar-refractivity contribution is 8.02. The molecule has 1 aromatic heterocycles. The highest BCUT2D eigenvalue weighted by atomic mass is 32.2. The molecule has 30 heavy (non-hydrogen) atoms. The number of carbonyl (C=O) groups excluding carboxylic acids is 1. The number of amides is 1. The summed E-state index contributed by atoms with van der Waals surface area (Å²) >= 11 is 2.73. The highest BCUT2D eigenvalue weighted by Crippen LogP contribution is 2.35. The Labute approximate surface area is 182 Å². The maximum Gasteiger partial charge on any atom is 0.237 e. The molecule has 1 unspecified atom stereocenters. The summed E-state index contributed by atoms with van der Waals surface area (Å²) in [6.07, 6.45) is 0. The van der Waals surface area contributed by atoms with Gasteiger partial charge in [0, 0.05) is 11.8 Å². The van der Waals surface area contributed by atoms with Crippen molar-refractivity contribution in [3.05, 3.63) is 42.5 Å². The second-order valence-electron chi connectivity index (χ2n) is 6.24. The number of hydrogen-bond donors (Lipinski definition) is 2. The molecular formula is C20H20N4O4S2. The third kappa shape index (κ3) is 4.77.